The quantitative estimate of drug-likeness (QED) is 0.665. The van der Waals surface area contributed by atoms with Crippen LogP contribution in [-0.4, -0.2) is 12.9 Å². The number of carbonyl (C=O) groups excluding carboxylic acids is 1. The summed E-state index contributed by atoms with van der Waals surface area (Å²) in [6.45, 7) is 8.30. The van der Waals surface area contributed by atoms with Gasteiger partial charge in [-0.1, -0.05) is 32.8 Å². The van der Waals surface area contributed by atoms with Crippen molar-refractivity contribution in [1.29, 1.82) is 0 Å². The number of rotatable bonds is 7. The third-order valence-corrected chi connectivity index (χ3v) is 3.92. The third kappa shape index (κ3) is 3.59. The average molecular weight is 262 g/mol. The van der Waals surface area contributed by atoms with Crippen LogP contribution in [0.2, 0.25) is 0 Å². The van der Waals surface area contributed by atoms with Gasteiger partial charge in [-0.25, -0.2) is 0 Å². The summed E-state index contributed by atoms with van der Waals surface area (Å²) < 4.78 is 5.46. The lowest BCUT2D eigenvalue weighted by Crippen LogP contribution is -2.15. The molecule has 1 aromatic carbocycles. The maximum atomic E-state index is 12.6. The standard InChI is InChI=1S/C17H26O2/c1-6-8-9-14(7-2)16(18)15-11-10-12(3)13(4)17(15)19-5/h10-11,14H,6-9H2,1-5H3. The number of unbranched alkanes of at least 4 members (excludes halogenated alkanes) is 1. The van der Waals surface area contributed by atoms with E-state index in [9.17, 15) is 4.79 Å². The molecule has 1 unspecified atom stereocenters. The summed E-state index contributed by atoms with van der Waals surface area (Å²) >= 11 is 0. The number of benzene rings is 1. The Morgan fingerprint density at radius 2 is 1.95 bits per heavy atom. The maximum absolute atomic E-state index is 12.6. The molecule has 106 valence electrons. The second-order valence-electron chi connectivity index (χ2n) is 5.20. The van der Waals surface area contributed by atoms with Gasteiger partial charge in [-0.15, -0.1) is 0 Å². The molecular formula is C17H26O2. The number of Topliss-reactive ketones (excluding diaryl/α,β-unsaturated/α-hetero) is 1. The summed E-state index contributed by atoms with van der Waals surface area (Å²) in [5, 5.41) is 0. The number of methoxy groups -OCH3 is 1. The molecule has 2 heteroatoms. The zero-order valence-electron chi connectivity index (χ0n) is 12.9. The van der Waals surface area contributed by atoms with E-state index in [4.69, 9.17) is 4.74 Å². The van der Waals surface area contributed by atoms with Crippen molar-refractivity contribution < 1.29 is 9.53 Å². The Balaban J connectivity index is 3.07. The van der Waals surface area contributed by atoms with E-state index in [0.29, 0.717) is 0 Å². The predicted molar refractivity (Wildman–Crippen MR) is 80.1 cm³/mol. The number of hydrogen-bond donors (Lipinski definition) is 0. The van der Waals surface area contributed by atoms with Gasteiger partial charge in [0.15, 0.2) is 5.78 Å². The minimum atomic E-state index is 0.121. The van der Waals surface area contributed by atoms with Crippen LogP contribution < -0.4 is 4.74 Å². The topological polar surface area (TPSA) is 26.3 Å². The van der Waals surface area contributed by atoms with E-state index in [1.54, 1.807) is 7.11 Å². The molecule has 0 radical (unpaired) electrons. The van der Waals surface area contributed by atoms with Crippen LogP contribution in [0.3, 0.4) is 0 Å². The van der Waals surface area contributed by atoms with Crippen LogP contribution in [0.25, 0.3) is 0 Å². The van der Waals surface area contributed by atoms with Crippen LogP contribution in [-0.2, 0) is 0 Å². The maximum Gasteiger partial charge on any atom is 0.169 e. The molecule has 1 rings (SSSR count). The molecular weight excluding hydrogens is 236 g/mol. The highest BCUT2D eigenvalue weighted by molar-refractivity contribution is 6.00. The highest BCUT2D eigenvalue weighted by atomic mass is 16.5. The van der Waals surface area contributed by atoms with E-state index >= 15 is 0 Å². The van der Waals surface area contributed by atoms with Gasteiger partial charge in [0.2, 0.25) is 0 Å². The monoisotopic (exact) mass is 262 g/mol. The van der Waals surface area contributed by atoms with Crippen molar-refractivity contribution >= 4 is 5.78 Å². The SMILES string of the molecule is CCCCC(CC)C(=O)c1ccc(C)c(C)c1OC. The van der Waals surface area contributed by atoms with Crippen molar-refractivity contribution in [2.45, 2.75) is 53.4 Å². The van der Waals surface area contributed by atoms with E-state index in [1.807, 2.05) is 26.0 Å². The Kier molecular flexibility index (Phi) is 6.07. The summed E-state index contributed by atoms with van der Waals surface area (Å²) in [4.78, 5) is 12.6. The fraction of sp³-hybridized carbons (Fsp3) is 0.588. The lowest BCUT2D eigenvalue weighted by Gasteiger charge is -2.17. The molecule has 0 heterocycles. The molecule has 19 heavy (non-hydrogen) atoms. The van der Waals surface area contributed by atoms with Gasteiger partial charge >= 0.3 is 0 Å². The molecule has 1 atom stereocenters. The Bertz CT molecular complexity index is 435. The first-order valence-electron chi connectivity index (χ1n) is 7.25. The molecule has 0 spiro atoms. The molecule has 0 aliphatic carbocycles. The smallest absolute Gasteiger partial charge is 0.169 e. The van der Waals surface area contributed by atoms with Crippen LogP contribution in [0.1, 0.15) is 61.0 Å². The van der Waals surface area contributed by atoms with Crippen LogP contribution in [0.4, 0.5) is 0 Å². The fourth-order valence-electron chi connectivity index (χ4n) is 2.44. The zero-order valence-corrected chi connectivity index (χ0v) is 12.9. The van der Waals surface area contributed by atoms with Crippen LogP contribution in [0.5, 0.6) is 5.75 Å². The number of carbonyl (C=O) groups is 1. The van der Waals surface area contributed by atoms with E-state index in [2.05, 4.69) is 13.8 Å². The van der Waals surface area contributed by atoms with Gasteiger partial charge in [-0.2, -0.15) is 0 Å². The highest BCUT2D eigenvalue weighted by Gasteiger charge is 2.22. The molecule has 0 saturated carbocycles. The average Bonchev–Trinajstić information content (AvgIpc) is 2.42. The van der Waals surface area contributed by atoms with Crippen LogP contribution in [0.15, 0.2) is 12.1 Å². The first-order chi connectivity index (χ1) is 9.06. The van der Waals surface area contributed by atoms with Crippen molar-refractivity contribution in [2.75, 3.05) is 7.11 Å². The molecule has 1 aromatic rings. The molecule has 0 amide bonds. The number of aryl methyl sites for hydroxylation is 1. The highest BCUT2D eigenvalue weighted by Crippen LogP contribution is 2.30. The number of ether oxygens (including phenoxy) is 1. The van der Waals surface area contributed by atoms with Crippen molar-refractivity contribution in [1.82, 2.24) is 0 Å². The first kappa shape index (κ1) is 15.7. The summed E-state index contributed by atoms with van der Waals surface area (Å²) in [6, 6.07) is 3.93. The summed E-state index contributed by atoms with van der Waals surface area (Å²) in [7, 11) is 1.64. The van der Waals surface area contributed by atoms with Gasteiger partial charge in [-0.05, 0) is 43.9 Å². The molecule has 0 saturated heterocycles. The predicted octanol–water partition coefficient (Wildman–Crippen LogP) is 4.71. The van der Waals surface area contributed by atoms with Crippen molar-refractivity contribution in [3.63, 3.8) is 0 Å². The number of ketones is 1. The molecule has 0 bridgehead atoms. The van der Waals surface area contributed by atoms with E-state index in [1.165, 1.54) is 0 Å². The van der Waals surface area contributed by atoms with Crippen LogP contribution >= 0.6 is 0 Å². The Labute approximate surface area is 117 Å². The van der Waals surface area contributed by atoms with Crippen molar-refractivity contribution in [2.24, 2.45) is 5.92 Å². The molecule has 0 aliphatic rings. The van der Waals surface area contributed by atoms with Crippen molar-refractivity contribution in [3.05, 3.63) is 28.8 Å². The lowest BCUT2D eigenvalue weighted by molar-refractivity contribution is 0.0905. The van der Waals surface area contributed by atoms with Crippen molar-refractivity contribution in [3.8, 4) is 5.75 Å². The Morgan fingerprint density at radius 1 is 1.26 bits per heavy atom. The number of hydrogen-bond acceptors (Lipinski definition) is 2. The summed E-state index contributed by atoms with van der Waals surface area (Å²) in [6.07, 6.45) is 4.11. The minimum Gasteiger partial charge on any atom is -0.496 e. The third-order valence-electron chi connectivity index (χ3n) is 3.92. The van der Waals surface area contributed by atoms with Gasteiger partial charge in [0.25, 0.3) is 0 Å². The van der Waals surface area contributed by atoms with E-state index in [-0.39, 0.29) is 11.7 Å². The van der Waals surface area contributed by atoms with Gasteiger partial charge in [0.05, 0.1) is 12.7 Å². The molecule has 0 aromatic heterocycles. The van der Waals surface area contributed by atoms with Gasteiger partial charge in [0.1, 0.15) is 5.75 Å². The molecule has 0 aliphatic heterocycles. The first-order valence-corrected chi connectivity index (χ1v) is 7.25. The molecule has 0 N–H and O–H groups in total. The summed E-state index contributed by atoms with van der Waals surface area (Å²) in [5.41, 5.74) is 2.97. The van der Waals surface area contributed by atoms with Gasteiger partial charge in [-0.3, -0.25) is 4.79 Å². The van der Waals surface area contributed by atoms with E-state index in [0.717, 1.165) is 48.1 Å². The zero-order chi connectivity index (χ0) is 14.4. The summed E-state index contributed by atoms with van der Waals surface area (Å²) in [5.74, 6) is 1.10. The minimum absolute atomic E-state index is 0.121. The second kappa shape index (κ2) is 7.32. The van der Waals surface area contributed by atoms with E-state index < -0.39 is 0 Å². The normalized spacial score (nSPS) is 12.3. The Hall–Kier alpha value is -1.31. The van der Waals surface area contributed by atoms with Gasteiger partial charge < -0.3 is 4.74 Å². The lowest BCUT2D eigenvalue weighted by atomic mass is 9.89. The fourth-order valence-corrected chi connectivity index (χ4v) is 2.44. The molecule has 2 nitrogen and oxygen atoms in total. The Morgan fingerprint density at radius 3 is 2.47 bits per heavy atom. The largest absolute Gasteiger partial charge is 0.496 e. The second-order valence-corrected chi connectivity index (χ2v) is 5.20. The van der Waals surface area contributed by atoms with Gasteiger partial charge in [0, 0.05) is 5.92 Å². The molecule has 0 fully saturated rings. The van der Waals surface area contributed by atoms with Crippen LogP contribution in [0, 0.1) is 19.8 Å².